The van der Waals surface area contributed by atoms with E-state index in [-0.39, 0.29) is 6.04 Å². The van der Waals surface area contributed by atoms with Gasteiger partial charge in [0.15, 0.2) is 0 Å². The van der Waals surface area contributed by atoms with Crippen LogP contribution in [-0.4, -0.2) is 6.54 Å². The van der Waals surface area contributed by atoms with Crippen molar-refractivity contribution in [1.29, 1.82) is 0 Å². The van der Waals surface area contributed by atoms with Gasteiger partial charge in [-0.2, -0.15) is 0 Å². The molecular formula is C17H19Cl2N. The van der Waals surface area contributed by atoms with Crippen LogP contribution in [0.2, 0.25) is 10.0 Å². The Bertz CT molecular complexity index is 564. The first-order valence-corrected chi connectivity index (χ1v) is 7.59. The monoisotopic (exact) mass is 307 g/mol. The lowest BCUT2D eigenvalue weighted by Crippen LogP contribution is -2.23. The second-order valence-corrected chi connectivity index (χ2v) is 5.79. The van der Waals surface area contributed by atoms with Crippen molar-refractivity contribution in [2.24, 2.45) is 0 Å². The van der Waals surface area contributed by atoms with Crippen LogP contribution in [0.4, 0.5) is 0 Å². The van der Waals surface area contributed by atoms with Gasteiger partial charge < -0.3 is 5.32 Å². The van der Waals surface area contributed by atoms with Gasteiger partial charge in [-0.05, 0) is 54.8 Å². The maximum Gasteiger partial charge on any atom is 0.0435 e. The number of rotatable bonds is 5. The number of likely N-dealkylation sites (N-methyl/N-ethyl adjacent to an activating group) is 1. The van der Waals surface area contributed by atoms with Crippen molar-refractivity contribution in [3.05, 3.63) is 69.2 Å². The third kappa shape index (κ3) is 3.99. The van der Waals surface area contributed by atoms with Crippen LogP contribution in [0, 0.1) is 6.92 Å². The molecule has 1 atom stereocenters. The summed E-state index contributed by atoms with van der Waals surface area (Å²) in [5.74, 6) is 0. The highest BCUT2D eigenvalue weighted by molar-refractivity contribution is 6.31. The molecule has 0 aromatic heterocycles. The van der Waals surface area contributed by atoms with E-state index in [9.17, 15) is 0 Å². The van der Waals surface area contributed by atoms with Gasteiger partial charge in [0.25, 0.3) is 0 Å². The molecule has 1 unspecified atom stereocenters. The van der Waals surface area contributed by atoms with Crippen LogP contribution in [0.1, 0.15) is 29.7 Å². The van der Waals surface area contributed by atoms with Crippen molar-refractivity contribution in [1.82, 2.24) is 5.32 Å². The van der Waals surface area contributed by atoms with E-state index in [1.165, 1.54) is 11.1 Å². The number of benzene rings is 2. The Kier molecular flexibility index (Phi) is 5.47. The minimum atomic E-state index is 0.289. The molecule has 0 fully saturated rings. The Morgan fingerprint density at radius 2 is 1.75 bits per heavy atom. The summed E-state index contributed by atoms with van der Waals surface area (Å²) in [6, 6.07) is 14.5. The van der Waals surface area contributed by atoms with E-state index < -0.39 is 0 Å². The molecule has 0 saturated carbocycles. The Hall–Kier alpha value is -1.02. The summed E-state index contributed by atoms with van der Waals surface area (Å²) in [6.45, 7) is 5.09. The van der Waals surface area contributed by atoms with Crippen molar-refractivity contribution >= 4 is 23.2 Å². The molecule has 2 aromatic rings. The molecule has 0 amide bonds. The molecule has 1 nitrogen and oxygen atoms in total. The van der Waals surface area contributed by atoms with Gasteiger partial charge in [-0.25, -0.2) is 0 Å². The highest BCUT2D eigenvalue weighted by Crippen LogP contribution is 2.24. The van der Waals surface area contributed by atoms with Crippen LogP contribution in [-0.2, 0) is 6.42 Å². The highest BCUT2D eigenvalue weighted by Gasteiger charge is 2.12. The highest BCUT2D eigenvalue weighted by atomic mass is 35.5. The van der Waals surface area contributed by atoms with Gasteiger partial charge in [0.2, 0.25) is 0 Å². The first kappa shape index (κ1) is 15.4. The van der Waals surface area contributed by atoms with E-state index in [1.54, 1.807) is 0 Å². The Morgan fingerprint density at radius 3 is 2.35 bits per heavy atom. The lowest BCUT2D eigenvalue weighted by molar-refractivity contribution is 0.549. The molecule has 0 bridgehead atoms. The summed E-state index contributed by atoms with van der Waals surface area (Å²) in [4.78, 5) is 0. The molecule has 1 N–H and O–H groups in total. The fourth-order valence-electron chi connectivity index (χ4n) is 2.30. The Balaban J connectivity index is 2.21. The molecule has 2 aromatic carbocycles. The summed E-state index contributed by atoms with van der Waals surface area (Å²) >= 11 is 12.0. The molecule has 20 heavy (non-hydrogen) atoms. The van der Waals surface area contributed by atoms with E-state index >= 15 is 0 Å². The third-order valence-corrected chi connectivity index (χ3v) is 4.06. The minimum Gasteiger partial charge on any atom is -0.310 e. The molecule has 0 aliphatic rings. The van der Waals surface area contributed by atoms with Crippen LogP contribution in [0.5, 0.6) is 0 Å². The molecule has 2 rings (SSSR count). The number of hydrogen-bond donors (Lipinski definition) is 1. The smallest absolute Gasteiger partial charge is 0.0435 e. The first-order valence-electron chi connectivity index (χ1n) is 6.84. The lowest BCUT2D eigenvalue weighted by Gasteiger charge is -2.19. The van der Waals surface area contributed by atoms with E-state index in [0.717, 1.165) is 28.6 Å². The zero-order valence-corrected chi connectivity index (χ0v) is 13.3. The van der Waals surface area contributed by atoms with Crippen molar-refractivity contribution in [2.75, 3.05) is 6.54 Å². The Morgan fingerprint density at radius 1 is 1.05 bits per heavy atom. The number of aryl methyl sites for hydroxylation is 1. The van der Waals surface area contributed by atoms with Gasteiger partial charge >= 0.3 is 0 Å². The summed E-state index contributed by atoms with van der Waals surface area (Å²) in [6.07, 6.45) is 0.937. The molecule has 106 valence electrons. The topological polar surface area (TPSA) is 12.0 Å². The second kappa shape index (κ2) is 7.12. The van der Waals surface area contributed by atoms with Gasteiger partial charge in [-0.3, -0.25) is 0 Å². The van der Waals surface area contributed by atoms with Crippen LogP contribution >= 0.6 is 23.2 Å². The maximum atomic E-state index is 6.10. The van der Waals surface area contributed by atoms with Crippen molar-refractivity contribution in [3.8, 4) is 0 Å². The minimum absolute atomic E-state index is 0.289. The quantitative estimate of drug-likeness (QED) is 0.801. The zero-order chi connectivity index (χ0) is 14.5. The molecule has 0 saturated heterocycles. The molecular weight excluding hydrogens is 289 g/mol. The third-order valence-electron chi connectivity index (χ3n) is 3.39. The summed E-state index contributed by atoms with van der Waals surface area (Å²) in [5, 5.41) is 5.12. The fourth-order valence-corrected chi connectivity index (χ4v) is 2.54. The molecule has 3 heteroatoms. The number of halogens is 2. The molecule has 0 aliphatic heterocycles. The summed E-state index contributed by atoms with van der Waals surface area (Å²) < 4.78 is 0. The maximum absolute atomic E-state index is 6.10. The molecule has 0 heterocycles. The molecule has 0 aliphatic carbocycles. The predicted molar refractivity (Wildman–Crippen MR) is 87.8 cm³/mol. The van der Waals surface area contributed by atoms with Crippen LogP contribution in [0.25, 0.3) is 0 Å². The van der Waals surface area contributed by atoms with Gasteiger partial charge in [0.1, 0.15) is 0 Å². The van der Waals surface area contributed by atoms with E-state index in [4.69, 9.17) is 23.2 Å². The SMILES string of the molecule is CCNC(Cc1ccc(Cl)cc1)c1ccc(Cl)c(C)c1. The lowest BCUT2D eigenvalue weighted by atomic mass is 9.97. The molecule has 0 spiro atoms. The normalized spacial score (nSPS) is 12.4. The van der Waals surface area contributed by atoms with Gasteiger partial charge in [0, 0.05) is 16.1 Å². The largest absolute Gasteiger partial charge is 0.310 e. The van der Waals surface area contributed by atoms with E-state index in [2.05, 4.69) is 36.5 Å². The van der Waals surface area contributed by atoms with Crippen LogP contribution in [0.15, 0.2) is 42.5 Å². The van der Waals surface area contributed by atoms with Crippen LogP contribution < -0.4 is 5.32 Å². The summed E-state index contributed by atoms with van der Waals surface area (Å²) in [7, 11) is 0. The van der Waals surface area contributed by atoms with Crippen molar-refractivity contribution in [3.63, 3.8) is 0 Å². The average Bonchev–Trinajstić information content (AvgIpc) is 2.44. The number of hydrogen-bond acceptors (Lipinski definition) is 1. The first-order chi connectivity index (χ1) is 9.60. The second-order valence-electron chi connectivity index (χ2n) is 4.95. The standard InChI is InChI=1S/C17H19Cl2N/c1-3-20-17(11-13-4-7-15(18)8-5-13)14-6-9-16(19)12(2)10-14/h4-10,17,20H,3,11H2,1-2H3. The van der Waals surface area contributed by atoms with Gasteiger partial charge in [0.05, 0.1) is 0 Å². The van der Waals surface area contributed by atoms with Crippen LogP contribution in [0.3, 0.4) is 0 Å². The van der Waals surface area contributed by atoms with Crippen molar-refractivity contribution in [2.45, 2.75) is 26.3 Å². The average molecular weight is 308 g/mol. The summed E-state index contributed by atoms with van der Waals surface area (Å²) in [5.41, 5.74) is 3.65. The van der Waals surface area contributed by atoms with E-state index in [1.807, 2.05) is 25.1 Å². The van der Waals surface area contributed by atoms with Crippen molar-refractivity contribution < 1.29 is 0 Å². The predicted octanol–water partition coefficient (Wildman–Crippen LogP) is 5.20. The number of nitrogens with one attached hydrogen (secondary N) is 1. The Labute approximate surface area is 130 Å². The fraction of sp³-hybridized carbons (Fsp3) is 0.294. The van der Waals surface area contributed by atoms with E-state index in [0.29, 0.717) is 0 Å². The zero-order valence-electron chi connectivity index (χ0n) is 11.8. The van der Waals surface area contributed by atoms with Gasteiger partial charge in [-0.15, -0.1) is 0 Å². The van der Waals surface area contributed by atoms with Gasteiger partial charge in [-0.1, -0.05) is 54.4 Å². The molecule has 0 radical (unpaired) electrons.